The van der Waals surface area contributed by atoms with Gasteiger partial charge in [-0.25, -0.2) is 13.2 Å². The van der Waals surface area contributed by atoms with Crippen molar-refractivity contribution >= 4 is 27.4 Å². The van der Waals surface area contributed by atoms with Crippen LogP contribution in [0.4, 0.5) is 24.5 Å². The lowest BCUT2D eigenvalue weighted by Gasteiger charge is -2.36. The molecule has 33 heavy (non-hydrogen) atoms. The first-order valence-electron chi connectivity index (χ1n) is 9.91. The number of nitrogens with zero attached hydrogens (tertiary/aromatic N) is 3. The van der Waals surface area contributed by atoms with Gasteiger partial charge in [-0.3, -0.25) is 4.31 Å². The lowest BCUT2D eigenvalue weighted by atomic mass is 10.1. The summed E-state index contributed by atoms with van der Waals surface area (Å²) in [6.07, 6.45) is -4.68. The maximum atomic E-state index is 13.5. The number of likely N-dealkylation sites (N-methyl/N-ethyl adjacent to an activating group) is 1. The van der Waals surface area contributed by atoms with Gasteiger partial charge in [-0.05, 0) is 43.4 Å². The minimum atomic E-state index is -4.68. The van der Waals surface area contributed by atoms with Gasteiger partial charge in [0.05, 0.1) is 29.6 Å². The summed E-state index contributed by atoms with van der Waals surface area (Å²) in [5.41, 5.74) is -1.14. The van der Waals surface area contributed by atoms with Crippen molar-refractivity contribution in [3.8, 4) is 5.75 Å². The van der Waals surface area contributed by atoms with Crippen LogP contribution in [0.1, 0.15) is 15.9 Å². The fourth-order valence-corrected chi connectivity index (χ4v) is 4.94. The number of piperazine rings is 1. The van der Waals surface area contributed by atoms with E-state index < -0.39 is 32.6 Å². The van der Waals surface area contributed by atoms with Crippen molar-refractivity contribution < 1.29 is 36.2 Å². The Kier molecular flexibility index (Phi) is 6.80. The molecule has 1 fully saturated rings. The summed E-state index contributed by atoms with van der Waals surface area (Å²) in [7, 11) is -0.211. The van der Waals surface area contributed by atoms with Gasteiger partial charge in [0.15, 0.2) is 0 Å². The van der Waals surface area contributed by atoms with Crippen LogP contribution >= 0.6 is 0 Å². The second-order valence-electron chi connectivity index (χ2n) is 7.63. The number of rotatable bonds is 6. The molecule has 180 valence electrons. The molecule has 0 spiro atoms. The van der Waals surface area contributed by atoms with Gasteiger partial charge in [0.2, 0.25) is 0 Å². The van der Waals surface area contributed by atoms with E-state index in [2.05, 4.69) is 4.90 Å². The van der Waals surface area contributed by atoms with E-state index in [0.29, 0.717) is 31.9 Å². The number of methoxy groups -OCH3 is 1. The first-order chi connectivity index (χ1) is 15.4. The Morgan fingerprint density at radius 1 is 1.09 bits per heavy atom. The maximum Gasteiger partial charge on any atom is 0.416 e. The molecule has 0 saturated carbocycles. The Hall–Kier alpha value is -2.99. The Labute approximate surface area is 189 Å². The van der Waals surface area contributed by atoms with Gasteiger partial charge in [0, 0.05) is 33.2 Å². The van der Waals surface area contributed by atoms with E-state index in [1.54, 1.807) is 0 Å². The van der Waals surface area contributed by atoms with Crippen LogP contribution < -0.4 is 13.9 Å². The molecule has 0 aromatic heterocycles. The monoisotopic (exact) mass is 487 g/mol. The standard InChI is InChI=1S/C21H24F3N3O5S/c1-25-8-10-27(11-9-25)16-6-5-15(21(22,23)24)13-17(16)26(2)33(30,31)19-12-14(20(28)29)4-7-18(19)32-3/h4-7,12-13H,8-11H2,1-3H3,(H,28,29). The summed E-state index contributed by atoms with van der Waals surface area (Å²) in [6.45, 7) is 2.32. The zero-order chi connectivity index (χ0) is 24.6. The number of anilines is 2. The Balaban J connectivity index is 2.16. The first-order valence-corrected chi connectivity index (χ1v) is 11.3. The number of benzene rings is 2. The number of carboxylic acids is 1. The van der Waals surface area contributed by atoms with Crippen molar-refractivity contribution in [2.75, 3.05) is 56.6 Å². The van der Waals surface area contributed by atoms with Crippen molar-refractivity contribution in [2.24, 2.45) is 0 Å². The summed E-state index contributed by atoms with van der Waals surface area (Å²) in [6, 6.07) is 6.27. The van der Waals surface area contributed by atoms with Crippen LogP contribution in [-0.2, 0) is 16.2 Å². The lowest BCUT2D eigenvalue weighted by Crippen LogP contribution is -2.45. The minimum Gasteiger partial charge on any atom is -0.495 e. The van der Waals surface area contributed by atoms with E-state index >= 15 is 0 Å². The van der Waals surface area contributed by atoms with E-state index in [1.165, 1.54) is 25.3 Å². The third-order valence-corrected chi connectivity index (χ3v) is 7.33. The zero-order valence-corrected chi connectivity index (χ0v) is 19.1. The molecule has 1 aliphatic heterocycles. The van der Waals surface area contributed by atoms with Gasteiger partial charge in [-0.15, -0.1) is 0 Å². The highest BCUT2D eigenvalue weighted by molar-refractivity contribution is 7.93. The van der Waals surface area contributed by atoms with Gasteiger partial charge in [0.1, 0.15) is 10.6 Å². The molecular weight excluding hydrogens is 463 g/mol. The molecule has 2 aromatic rings. The van der Waals surface area contributed by atoms with Gasteiger partial charge in [-0.1, -0.05) is 0 Å². The van der Waals surface area contributed by atoms with Gasteiger partial charge < -0.3 is 19.6 Å². The molecule has 1 N–H and O–H groups in total. The van der Waals surface area contributed by atoms with Gasteiger partial charge in [-0.2, -0.15) is 13.2 Å². The second kappa shape index (κ2) is 9.10. The van der Waals surface area contributed by atoms with E-state index in [4.69, 9.17) is 4.74 Å². The van der Waals surface area contributed by atoms with Crippen molar-refractivity contribution in [3.63, 3.8) is 0 Å². The normalized spacial score (nSPS) is 15.4. The number of sulfonamides is 1. The molecular formula is C21H24F3N3O5S. The largest absolute Gasteiger partial charge is 0.495 e. The lowest BCUT2D eigenvalue weighted by molar-refractivity contribution is -0.137. The molecule has 0 unspecified atom stereocenters. The van der Waals surface area contributed by atoms with Crippen molar-refractivity contribution in [1.82, 2.24) is 4.90 Å². The van der Waals surface area contributed by atoms with Crippen molar-refractivity contribution in [2.45, 2.75) is 11.1 Å². The number of alkyl halides is 3. The maximum absolute atomic E-state index is 13.5. The molecule has 1 aliphatic rings. The third kappa shape index (κ3) is 5.01. The quantitative estimate of drug-likeness (QED) is 0.670. The van der Waals surface area contributed by atoms with Crippen LogP contribution in [0.3, 0.4) is 0 Å². The smallest absolute Gasteiger partial charge is 0.416 e. The van der Waals surface area contributed by atoms with Crippen molar-refractivity contribution in [1.29, 1.82) is 0 Å². The molecule has 1 saturated heterocycles. The van der Waals surface area contributed by atoms with Crippen LogP contribution in [0, 0.1) is 0 Å². The third-order valence-electron chi connectivity index (χ3n) is 5.53. The highest BCUT2D eigenvalue weighted by atomic mass is 32.2. The summed E-state index contributed by atoms with van der Waals surface area (Å²) in [4.78, 5) is 14.8. The summed E-state index contributed by atoms with van der Waals surface area (Å²) < 4.78 is 73.2. The molecule has 3 rings (SSSR count). The Morgan fingerprint density at radius 2 is 1.73 bits per heavy atom. The number of hydrogen-bond acceptors (Lipinski definition) is 6. The Morgan fingerprint density at radius 3 is 2.27 bits per heavy atom. The van der Waals surface area contributed by atoms with E-state index in [9.17, 15) is 31.5 Å². The Bertz CT molecular complexity index is 1150. The second-order valence-corrected chi connectivity index (χ2v) is 9.57. The molecule has 0 bridgehead atoms. The molecule has 2 aromatic carbocycles. The van der Waals surface area contributed by atoms with Crippen LogP contribution in [0.2, 0.25) is 0 Å². The molecule has 0 aliphatic carbocycles. The van der Waals surface area contributed by atoms with E-state index in [0.717, 1.165) is 29.6 Å². The number of carbonyl (C=O) groups is 1. The SMILES string of the molecule is COc1ccc(C(=O)O)cc1S(=O)(=O)N(C)c1cc(C(F)(F)F)ccc1N1CCN(C)CC1. The van der Waals surface area contributed by atoms with Gasteiger partial charge in [0.25, 0.3) is 10.0 Å². The molecule has 0 radical (unpaired) electrons. The topological polar surface area (TPSA) is 90.4 Å². The fourth-order valence-electron chi connectivity index (χ4n) is 3.56. The predicted octanol–water partition coefficient (Wildman–Crippen LogP) is 2.99. The number of ether oxygens (including phenoxy) is 1. The van der Waals surface area contributed by atoms with Gasteiger partial charge >= 0.3 is 12.1 Å². The summed E-state index contributed by atoms with van der Waals surface area (Å²) in [5, 5.41) is 9.27. The average molecular weight is 488 g/mol. The number of halogens is 3. The minimum absolute atomic E-state index is 0.125. The number of hydrogen-bond donors (Lipinski definition) is 1. The first kappa shape index (κ1) is 24.6. The summed E-state index contributed by atoms with van der Waals surface area (Å²) >= 11 is 0. The molecule has 0 amide bonds. The van der Waals surface area contributed by atoms with Crippen LogP contribution in [0.25, 0.3) is 0 Å². The van der Waals surface area contributed by atoms with Crippen LogP contribution in [0.5, 0.6) is 5.75 Å². The molecule has 1 heterocycles. The molecule has 8 nitrogen and oxygen atoms in total. The molecule has 12 heteroatoms. The molecule has 0 atom stereocenters. The van der Waals surface area contributed by atoms with Crippen molar-refractivity contribution in [3.05, 3.63) is 47.5 Å². The fraction of sp³-hybridized carbons (Fsp3) is 0.381. The summed E-state index contributed by atoms with van der Waals surface area (Å²) in [5.74, 6) is -1.48. The highest BCUT2D eigenvalue weighted by Crippen LogP contribution is 2.40. The average Bonchev–Trinajstić information content (AvgIpc) is 2.77. The number of aromatic carboxylic acids is 1. The highest BCUT2D eigenvalue weighted by Gasteiger charge is 2.35. The van der Waals surface area contributed by atoms with Crippen LogP contribution in [-0.4, -0.2) is 71.8 Å². The van der Waals surface area contributed by atoms with Crippen LogP contribution in [0.15, 0.2) is 41.3 Å². The number of carboxylic acid groups (broad SMARTS) is 1. The zero-order valence-electron chi connectivity index (χ0n) is 18.3. The predicted molar refractivity (Wildman–Crippen MR) is 117 cm³/mol. The van der Waals surface area contributed by atoms with E-state index in [-0.39, 0.29) is 17.0 Å². The van der Waals surface area contributed by atoms with E-state index in [1.807, 2.05) is 11.9 Å².